The molecule has 0 saturated carbocycles. The lowest BCUT2D eigenvalue weighted by Crippen LogP contribution is -2.20. The molecule has 10 nitrogen and oxygen atoms in total. The first-order chi connectivity index (χ1) is 15.9. The topological polar surface area (TPSA) is 145 Å². The molecular formula is C22H19FN6O4. The highest BCUT2D eigenvalue weighted by Gasteiger charge is 2.20. The normalized spacial score (nSPS) is 11.7. The lowest BCUT2D eigenvalue weighted by Gasteiger charge is -2.21. The van der Waals surface area contributed by atoms with Crippen molar-refractivity contribution in [1.82, 2.24) is 20.2 Å². The lowest BCUT2D eigenvalue weighted by molar-refractivity contribution is 0.208. The number of amidine groups is 1. The number of hydroxylamine groups is 1. The number of fused-ring (bicyclic) bond motifs is 1. The van der Waals surface area contributed by atoms with Gasteiger partial charge in [0, 0.05) is 28.9 Å². The van der Waals surface area contributed by atoms with Gasteiger partial charge in [0.25, 0.3) is 0 Å². The fourth-order valence-electron chi connectivity index (χ4n) is 3.38. The summed E-state index contributed by atoms with van der Waals surface area (Å²) in [4.78, 5) is 15.6. The highest BCUT2D eigenvalue weighted by molar-refractivity contribution is 5.96. The Morgan fingerprint density at radius 1 is 1.24 bits per heavy atom. The molecule has 0 fully saturated rings. The molecule has 0 spiro atoms. The van der Waals surface area contributed by atoms with Crippen molar-refractivity contribution >= 4 is 28.6 Å². The van der Waals surface area contributed by atoms with Gasteiger partial charge in [-0.3, -0.25) is 21.4 Å². The van der Waals surface area contributed by atoms with E-state index in [1.807, 2.05) is 0 Å². The zero-order chi connectivity index (χ0) is 23.5. The van der Waals surface area contributed by atoms with E-state index in [0.717, 1.165) is 0 Å². The summed E-state index contributed by atoms with van der Waals surface area (Å²) in [7, 11) is 0. The largest absolute Gasteiger partial charge is 0.482 e. The number of nitrogens with zero attached hydrogens (tertiary/aromatic N) is 3. The summed E-state index contributed by atoms with van der Waals surface area (Å²) in [6.07, 6.45) is 1.33. The van der Waals surface area contributed by atoms with Crippen molar-refractivity contribution in [1.29, 1.82) is 5.41 Å². The second kappa shape index (κ2) is 8.93. The molecule has 0 aliphatic rings. The van der Waals surface area contributed by atoms with Gasteiger partial charge in [-0.2, -0.15) is 5.10 Å². The zero-order valence-electron chi connectivity index (χ0n) is 17.3. The van der Waals surface area contributed by atoms with Crippen LogP contribution >= 0.6 is 0 Å². The summed E-state index contributed by atoms with van der Waals surface area (Å²) >= 11 is 0. The second-order valence-electron chi connectivity index (χ2n) is 7.07. The van der Waals surface area contributed by atoms with Gasteiger partial charge in [0.1, 0.15) is 17.8 Å². The van der Waals surface area contributed by atoms with E-state index >= 15 is 0 Å². The molecule has 0 aliphatic carbocycles. The first-order valence-corrected chi connectivity index (χ1v) is 9.75. The zero-order valence-corrected chi connectivity index (χ0v) is 17.3. The molecule has 4 aromatic rings. The van der Waals surface area contributed by atoms with Crippen LogP contribution in [0.25, 0.3) is 16.6 Å². The molecule has 2 aromatic heterocycles. The first-order valence-electron chi connectivity index (χ1n) is 9.75. The molecule has 5 N–H and O–H groups in total. The minimum Gasteiger partial charge on any atom is -0.482 e. The third-order valence-electron chi connectivity index (χ3n) is 4.89. The number of benzene rings is 2. The van der Waals surface area contributed by atoms with Gasteiger partial charge in [0.15, 0.2) is 11.6 Å². The monoisotopic (exact) mass is 450 g/mol. The maximum absolute atomic E-state index is 13.7. The number of halogens is 1. The van der Waals surface area contributed by atoms with E-state index < -0.39 is 18.0 Å². The van der Waals surface area contributed by atoms with Gasteiger partial charge in [-0.25, -0.2) is 18.9 Å². The first kappa shape index (κ1) is 21.7. The van der Waals surface area contributed by atoms with E-state index in [2.05, 4.69) is 15.4 Å². The van der Waals surface area contributed by atoms with Crippen LogP contribution in [0.1, 0.15) is 24.2 Å². The summed E-state index contributed by atoms with van der Waals surface area (Å²) in [6.45, 7) is 1.72. The molecule has 11 heteroatoms. The molecule has 4 rings (SSSR count). The average Bonchev–Trinajstić information content (AvgIpc) is 3.33. The second-order valence-corrected chi connectivity index (χ2v) is 7.07. The molecule has 2 aromatic carbocycles. The molecule has 0 unspecified atom stereocenters. The number of hydrogen-bond donors (Lipinski definition) is 5. The Hall–Kier alpha value is -4.51. The van der Waals surface area contributed by atoms with Crippen molar-refractivity contribution in [2.24, 2.45) is 0 Å². The Morgan fingerprint density at radius 2 is 2.06 bits per heavy atom. The number of hydrogen-bond acceptors (Lipinski definition) is 6. The number of ether oxygens (including phenoxy) is 1. The van der Waals surface area contributed by atoms with Gasteiger partial charge in [-0.05, 0) is 55.5 Å². The Morgan fingerprint density at radius 3 is 2.76 bits per heavy atom. The molecule has 0 radical (unpaired) electrons. The number of amides is 1. The molecule has 1 atom stereocenters. The number of carboxylic acid groups (broad SMARTS) is 1. The molecule has 0 bridgehead atoms. The third-order valence-corrected chi connectivity index (χ3v) is 4.89. The fraction of sp³-hybridized carbons (Fsp3) is 0.0909. The van der Waals surface area contributed by atoms with Crippen molar-refractivity contribution in [2.45, 2.75) is 13.0 Å². The molecule has 33 heavy (non-hydrogen) atoms. The summed E-state index contributed by atoms with van der Waals surface area (Å²) in [6, 6.07) is 12.2. The quantitative estimate of drug-likeness (QED) is 0.169. The van der Waals surface area contributed by atoms with E-state index in [9.17, 15) is 14.3 Å². The number of anilines is 1. The summed E-state index contributed by atoms with van der Waals surface area (Å²) in [5.74, 6) is -0.636. The SMILES string of the molecule is C[C@H](Oc1cc2cc(F)ccc2nc1NC(=O)O)c1cc(C(=N)NO)ccc1-n1cccn1. The summed E-state index contributed by atoms with van der Waals surface area (Å²) < 4.78 is 21.4. The van der Waals surface area contributed by atoms with Crippen LogP contribution < -0.4 is 15.5 Å². The molecule has 0 aliphatic heterocycles. The predicted octanol–water partition coefficient (Wildman–Crippen LogP) is 4.09. The standard InChI is InChI=1S/C22H19FN6O4/c1-12(16-10-13(20(24)28-32)3-6-18(16)29-8-2-7-25-29)33-19-11-14-9-15(23)4-5-17(14)26-21(19)27-22(30)31/h2-12,32H,1H3,(H2,24,28)(H,26,27)(H,30,31)/t12-/m0/s1. The van der Waals surface area contributed by atoms with Crippen LogP contribution in [0, 0.1) is 11.2 Å². The van der Waals surface area contributed by atoms with Gasteiger partial charge in [0.2, 0.25) is 0 Å². The maximum atomic E-state index is 13.7. The number of nitrogens with one attached hydrogen (secondary N) is 3. The Bertz CT molecular complexity index is 1340. The van der Waals surface area contributed by atoms with Crippen molar-refractivity contribution in [3.63, 3.8) is 0 Å². The Labute approximate surface area is 186 Å². The average molecular weight is 450 g/mol. The van der Waals surface area contributed by atoms with Crippen molar-refractivity contribution in [3.8, 4) is 11.4 Å². The molecule has 0 saturated heterocycles. The predicted molar refractivity (Wildman–Crippen MR) is 118 cm³/mol. The molecule has 2 heterocycles. The highest BCUT2D eigenvalue weighted by atomic mass is 19.1. The van der Waals surface area contributed by atoms with Gasteiger partial charge in [-0.1, -0.05) is 0 Å². The number of rotatable bonds is 6. The lowest BCUT2D eigenvalue weighted by atomic mass is 10.0. The van der Waals surface area contributed by atoms with Crippen LogP contribution in [0.15, 0.2) is 60.9 Å². The van der Waals surface area contributed by atoms with Crippen LogP contribution in [0.5, 0.6) is 5.75 Å². The van der Waals surface area contributed by atoms with E-state index in [1.165, 1.54) is 24.3 Å². The number of carbonyl (C=O) groups is 1. The third kappa shape index (κ3) is 4.57. The van der Waals surface area contributed by atoms with Crippen LogP contribution in [0.4, 0.5) is 15.0 Å². The van der Waals surface area contributed by atoms with Gasteiger partial charge in [-0.15, -0.1) is 0 Å². The van der Waals surface area contributed by atoms with Crippen LogP contribution in [-0.2, 0) is 0 Å². The van der Waals surface area contributed by atoms with Crippen LogP contribution in [0.2, 0.25) is 0 Å². The summed E-state index contributed by atoms with van der Waals surface area (Å²) in [5, 5.41) is 33.1. The van der Waals surface area contributed by atoms with E-state index in [-0.39, 0.29) is 17.4 Å². The van der Waals surface area contributed by atoms with E-state index in [4.69, 9.17) is 15.4 Å². The van der Waals surface area contributed by atoms with Crippen molar-refractivity contribution < 1.29 is 24.2 Å². The molecular weight excluding hydrogens is 431 g/mol. The fourth-order valence-corrected chi connectivity index (χ4v) is 3.38. The van der Waals surface area contributed by atoms with E-state index in [0.29, 0.717) is 27.7 Å². The minimum atomic E-state index is -1.33. The highest BCUT2D eigenvalue weighted by Crippen LogP contribution is 2.33. The number of pyridine rings is 1. The van der Waals surface area contributed by atoms with Crippen molar-refractivity contribution in [3.05, 3.63) is 77.9 Å². The van der Waals surface area contributed by atoms with Gasteiger partial charge < -0.3 is 9.84 Å². The van der Waals surface area contributed by atoms with E-state index in [1.54, 1.807) is 53.7 Å². The van der Waals surface area contributed by atoms with Gasteiger partial charge >= 0.3 is 6.09 Å². The number of aromatic nitrogens is 3. The summed E-state index contributed by atoms with van der Waals surface area (Å²) in [5.41, 5.74) is 3.83. The van der Waals surface area contributed by atoms with Crippen LogP contribution in [0.3, 0.4) is 0 Å². The molecule has 168 valence electrons. The smallest absolute Gasteiger partial charge is 0.410 e. The van der Waals surface area contributed by atoms with Crippen LogP contribution in [-0.4, -0.2) is 37.0 Å². The Kier molecular flexibility index (Phi) is 5.87. The maximum Gasteiger partial charge on any atom is 0.410 e. The minimum absolute atomic E-state index is 0.0463. The van der Waals surface area contributed by atoms with Crippen molar-refractivity contribution in [2.75, 3.05) is 5.32 Å². The Balaban J connectivity index is 1.79. The van der Waals surface area contributed by atoms with Gasteiger partial charge in [0.05, 0.1) is 11.2 Å². The molecule has 1 amide bonds.